The van der Waals surface area contributed by atoms with Gasteiger partial charge in [-0.2, -0.15) is 0 Å². The van der Waals surface area contributed by atoms with Gasteiger partial charge in [0, 0.05) is 23.7 Å². The number of rotatable bonds is 5. The Morgan fingerprint density at radius 3 is 2.67 bits per heavy atom. The third-order valence-electron chi connectivity index (χ3n) is 2.45. The van der Waals surface area contributed by atoms with E-state index in [1.54, 1.807) is 31.2 Å². The zero-order valence-corrected chi connectivity index (χ0v) is 13.7. The summed E-state index contributed by atoms with van der Waals surface area (Å²) in [7, 11) is 5.29. The third-order valence-corrected chi connectivity index (χ3v) is 3.34. The van der Waals surface area contributed by atoms with E-state index in [2.05, 4.69) is 27.9 Å². The molecule has 1 rings (SSSR count). The lowest BCUT2D eigenvalue weighted by atomic mass is 10.2. The lowest BCUT2D eigenvalue weighted by Crippen LogP contribution is -2.33. The molecule has 1 aromatic rings. The summed E-state index contributed by atoms with van der Waals surface area (Å²) in [5.41, 5.74) is 0.713. The van der Waals surface area contributed by atoms with Gasteiger partial charge in [0.25, 0.3) is 5.91 Å². The summed E-state index contributed by atoms with van der Waals surface area (Å²) in [6.07, 6.45) is 0. The van der Waals surface area contributed by atoms with Gasteiger partial charge in [-0.3, -0.25) is 4.79 Å². The number of ether oxygens (including phenoxy) is 1. The fraction of sp³-hybridized carbons (Fsp3) is 0.417. The molecule has 6 heteroatoms. The van der Waals surface area contributed by atoms with Crippen molar-refractivity contribution in [1.29, 1.82) is 0 Å². The van der Waals surface area contributed by atoms with Crippen LogP contribution >= 0.6 is 35.0 Å². The summed E-state index contributed by atoms with van der Waals surface area (Å²) in [5, 5.41) is 3.02. The normalized spacial score (nSPS) is 9.56. The maximum atomic E-state index is 12.1. The minimum atomic E-state index is 0. The second-order valence-corrected chi connectivity index (χ2v) is 4.84. The number of benzene rings is 1. The number of amides is 1. The van der Waals surface area contributed by atoms with Crippen LogP contribution in [0.1, 0.15) is 10.4 Å². The Balaban J connectivity index is 0.00000289. The van der Waals surface area contributed by atoms with Gasteiger partial charge in [0.05, 0.1) is 12.7 Å². The van der Waals surface area contributed by atoms with Gasteiger partial charge in [-0.1, -0.05) is 0 Å². The molecule has 18 heavy (non-hydrogen) atoms. The fourth-order valence-corrected chi connectivity index (χ4v) is 2.10. The largest absolute Gasteiger partial charge is 0.497 e. The molecule has 0 spiro atoms. The van der Waals surface area contributed by atoms with Crippen molar-refractivity contribution in [2.45, 2.75) is 0 Å². The Labute approximate surface area is 128 Å². The van der Waals surface area contributed by atoms with Gasteiger partial charge in [-0.25, -0.2) is 0 Å². The molecule has 0 fully saturated rings. The van der Waals surface area contributed by atoms with Crippen LogP contribution in [0.4, 0.5) is 0 Å². The number of nitrogens with zero attached hydrogens (tertiary/aromatic N) is 1. The molecule has 0 aliphatic heterocycles. The average Bonchev–Trinajstić information content (AvgIpc) is 2.34. The molecule has 0 radical (unpaired) electrons. The van der Waals surface area contributed by atoms with Gasteiger partial charge >= 0.3 is 0 Å². The molecule has 1 aromatic carbocycles. The van der Waals surface area contributed by atoms with Crippen molar-refractivity contribution in [2.75, 3.05) is 34.3 Å². The van der Waals surface area contributed by atoms with Crippen molar-refractivity contribution in [3.63, 3.8) is 0 Å². The molecule has 0 heterocycles. The van der Waals surface area contributed by atoms with Crippen LogP contribution < -0.4 is 10.1 Å². The highest BCUT2D eigenvalue weighted by atomic mass is 127. The maximum absolute atomic E-state index is 12.1. The van der Waals surface area contributed by atoms with E-state index in [0.717, 1.165) is 15.9 Å². The highest BCUT2D eigenvalue weighted by molar-refractivity contribution is 14.1. The molecule has 0 aliphatic carbocycles. The zero-order valence-electron chi connectivity index (χ0n) is 10.7. The summed E-state index contributed by atoms with van der Waals surface area (Å²) >= 11 is 2.15. The molecule has 0 bridgehead atoms. The zero-order chi connectivity index (χ0) is 12.8. The Hall–Kier alpha value is -0.530. The smallest absolute Gasteiger partial charge is 0.254 e. The maximum Gasteiger partial charge on any atom is 0.254 e. The van der Waals surface area contributed by atoms with Crippen LogP contribution in [0.5, 0.6) is 5.75 Å². The van der Waals surface area contributed by atoms with E-state index in [1.807, 2.05) is 13.1 Å². The molecule has 0 saturated carbocycles. The average molecular weight is 385 g/mol. The Bertz CT molecular complexity index is 402. The van der Waals surface area contributed by atoms with Crippen molar-refractivity contribution in [1.82, 2.24) is 10.2 Å². The molecule has 102 valence electrons. The minimum Gasteiger partial charge on any atom is -0.497 e. The van der Waals surface area contributed by atoms with E-state index in [0.29, 0.717) is 12.1 Å². The van der Waals surface area contributed by atoms with Crippen LogP contribution in [0.3, 0.4) is 0 Å². The number of hydrogen-bond acceptors (Lipinski definition) is 3. The van der Waals surface area contributed by atoms with E-state index in [4.69, 9.17) is 4.74 Å². The topological polar surface area (TPSA) is 41.6 Å². The molecule has 1 N–H and O–H groups in total. The Kier molecular flexibility index (Phi) is 8.30. The van der Waals surface area contributed by atoms with Gasteiger partial charge < -0.3 is 15.0 Å². The second-order valence-electron chi connectivity index (χ2n) is 3.68. The van der Waals surface area contributed by atoms with Crippen LogP contribution in [-0.2, 0) is 0 Å². The van der Waals surface area contributed by atoms with Gasteiger partial charge in [0.2, 0.25) is 0 Å². The summed E-state index contributed by atoms with van der Waals surface area (Å²) in [4.78, 5) is 13.8. The second kappa shape index (κ2) is 8.55. The predicted octanol–water partition coefficient (Wildman–Crippen LogP) is 2.01. The van der Waals surface area contributed by atoms with Gasteiger partial charge in [-0.05, 0) is 47.8 Å². The van der Waals surface area contributed by atoms with Crippen LogP contribution in [0, 0.1) is 3.57 Å². The van der Waals surface area contributed by atoms with Crippen LogP contribution in [0.2, 0.25) is 0 Å². The summed E-state index contributed by atoms with van der Waals surface area (Å²) in [6.45, 7) is 1.48. The first-order valence-corrected chi connectivity index (χ1v) is 6.41. The molecule has 0 aliphatic rings. The predicted molar refractivity (Wildman–Crippen MR) is 83.8 cm³/mol. The molecule has 4 nitrogen and oxygen atoms in total. The SMILES string of the molecule is CNCCN(C)C(=O)c1ccc(OC)cc1I.Cl. The number of carbonyl (C=O) groups is 1. The Morgan fingerprint density at radius 1 is 1.50 bits per heavy atom. The van der Waals surface area contributed by atoms with Crippen molar-refractivity contribution >= 4 is 40.9 Å². The number of methoxy groups -OCH3 is 1. The quantitative estimate of drug-likeness (QED) is 0.790. The molecule has 0 unspecified atom stereocenters. The van der Waals surface area contributed by atoms with Gasteiger partial charge in [-0.15, -0.1) is 12.4 Å². The van der Waals surface area contributed by atoms with E-state index in [-0.39, 0.29) is 18.3 Å². The Morgan fingerprint density at radius 2 is 2.17 bits per heavy atom. The number of halogens is 2. The molecular formula is C12H18ClIN2O2. The number of likely N-dealkylation sites (N-methyl/N-ethyl adjacent to an activating group) is 2. The van der Waals surface area contributed by atoms with Crippen LogP contribution in [0.15, 0.2) is 18.2 Å². The monoisotopic (exact) mass is 384 g/mol. The van der Waals surface area contributed by atoms with Crippen molar-refractivity contribution < 1.29 is 9.53 Å². The number of carbonyl (C=O) groups excluding carboxylic acids is 1. The van der Waals surface area contributed by atoms with E-state index < -0.39 is 0 Å². The molecule has 0 aromatic heterocycles. The van der Waals surface area contributed by atoms with Gasteiger partial charge in [0.15, 0.2) is 0 Å². The fourth-order valence-electron chi connectivity index (χ4n) is 1.38. The van der Waals surface area contributed by atoms with E-state index >= 15 is 0 Å². The van der Waals surface area contributed by atoms with E-state index in [9.17, 15) is 4.79 Å². The minimum absolute atomic E-state index is 0. The molecular weight excluding hydrogens is 367 g/mol. The first kappa shape index (κ1) is 17.5. The molecule has 0 saturated heterocycles. The van der Waals surface area contributed by atoms with Crippen molar-refractivity contribution in [3.8, 4) is 5.75 Å². The lowest BCUT2D eigenvalue weighted by molar-refractivity contribution is 0.0796. The molecule has 1 amide bonds. The first-order chi connectivity index (χ1) is 8.10. The lowest BCUT2D eigenvalue weighted by Gasteiger charge is -2.18. The van der Waals surface area contributed by atoms with Crippen LogP contribution in [0.25, 0.3) is 0 Å². The van der Waals surface area contributed by atoms with Gasteiger partial charge in [0.1, 0.15) is 5.75 Å². The standard InChI is InChI=1S/C12H17IN2O2.ClH/c1-14-6-7-15(2)12(16)10-5-4-9(17-3)8-11(10)13;/h4-5,8,14H,6-7H2,1-3H3;1H. The highest BCUT2D eigenvalue weighted by Gasteiger charge is 2.14. The summed E-state index contributed by atoms with van der Waals surface area (Å²) < 4.78 is 6.02. The van der Waals surface area contributed by atoms with Crippen LogP contribution in [-0.4, -0.2) is 45.1 Å². The van der Waals surface area contributed by atoms with Crippen molar-refractivity contribution in [2.24, 2.45) is 0 Å². The van der Waals surface area contributed by atoms with E-state index in [1.165, 1.54) is 0 Å². The third kappa shape index (κ3) is 4.62. The molecule has 0 atom stereocenters. The van der Waals surface area contributed by atoms with Crippen molar-refractivity contribution in [3.05, 3.63) is 27.3 Å². The summed E-state index contributed by atoms with van der Waals surface area (Å²) in [5.74, 6) is 0.802. The number of nitrogens with one attached hydrogen (secondary N) is 1. The summed E-state index contributed by atoms with van der Waals surface area (Å²) in [6, 6.07) is 5.47. The highest BCUT2D eigenvalue weighted by Crippen LogP contribution is 2.20. The number of hydrogen-bond donors (Lipinski definition) is 1. The first-order valence-electron chi connectivity index (χ1n) is 5.33.